The van der Waals surface area contributed by atoms with E-state index in [4.69, 9.17) is 4.74 Å². The standard InChI is InChI=1S/C26H29N5O5/c1-15-27-19-12-16(22(33)34)10-11-20(19)31(15)18-9-7-8-17(13-18)26(5)14-21(32)30(6)23(29-26)28-24(35)36-25(2,3)4/h7-13H,14H2,1-6H3,(H,33,34)(H,28,29,35)/t26-/m0/s1. The number of fused-ring (bicyclic) bond motifs is 1. The minimum atomic E-state index is -1.01. The van der Waals surface area contributed by atoms with Crippen LogP contribution in [0.3, 0.4) is 0 Å². The van der Waals surface area contributed by atoms with E-state index < -0.39 is 23.2 Å². The quantitative estimate of drug-likeness (QED) is 0.567. The summed E-state index contributed by atoms with van der Waals surface area (Å²) in [6, 6.07) is 12.5. The van der Waals surface area contributed by atoms with E-state index in [1.165, 1.54) is 4.90 Å². The molecular formula is C26H29N5O5. The van der Waals surface area contributed by atoms with Gasteiger partial charge in [0.2, 0.25) is 11.9 Å². The zero-order chi connectivity index (χ0) is 26.4. The Morgan fingerprint density at radius 1 is 1.19 bits per heavy atom. The fraction of sp³-hybridized carbons (Fsp3) is 0.346. The van der Waals surface area contributed by atoms with E-state index in [0.29, 0.717) is 11.3 Å². The largest absolute Gasteiger partial charge is 0.478 e. The second-order valence-corrected chi connectivity index (χ2v) is 10.1. The van der Waals surface area contributed by atoms with Crippen LogP contribution >= 0.6 is 0 Å². The number of benzene rings is 2. The van der Waals surface area contributed by atoms with Crippen LogP contribution in [0.25, 0.3) is 16.7 Å². The molecule has 3 aromatic rings. The number of amides is 2. The number of aromatic nitrogens is 2. The van der Waals surface area contributed by atoms with Gasteiger partial charge in [0.05, 0.1) is 28.6 Å². The molecule has 1 atom stereocenters. The number of guanidine groups is 1. The summed E-state index contributed by atoms with van der Waals surface area (Å²) in [5.41, 5.74) is 1.55. The Hall–Kier alpha value is -4.21. The highest BCUT2D eigenvalue weighted by molar-refractivity contribution is 6.03. The first-order valence-electron chi connectivity index (χ1n) is 11.5. The minimum absolute atomic E-state index is 0.110. The number of hydrogen-bond donors (Lipinski definition) is 2. The Bertz CT molecular complexity index is 1420. The van der Waals surface area contributed by atoms with Crippen LogP contribution in [-0.2, 0) is 15.1 Å². The molecule has 0 unspecified atom stereocenters. The third-order valence-corrected chi connectivity index (χ3v) is 5.99. The molecule has 0 radical (unpaired) electrons. The van der Waals surface area contributed by atoms with Crippen LogP contribution in [0.2, 0.25) is 0 Å². The van der Waals surface area contributed by atoms with Crippen molar-refractivity contribution in [3.63, 3.8) is 0 Å². The predicted octanol–water partition coefficient (Wildman–Crippen LogP) is 3.99. The summed E-state index contributed by atoms with van der Waals surface area (Å²) in [7, 11) is 1.56. The number of nitrogens with zero attached hydrogens (tertiary/aromatic N) is 4. The van der Waals surface area contributed by atoms with Gasteiger partial charge in [-0.25, -0.2) is 14.6 Å². The zero-order valence-corrected chi connectivity index (χ0v) is 21.1. The maximum atomic E-state index is 12.9. The second-order valence-electron chi connectivity index (χ2n) is 10.1. The van der Waals surface area contributed by atoms with Gasteiger partial charge in [-0.05, 0) is 70.5 Å². The Balaban J connectivity index is 1.73. The lowest BCUT2D eigenvalue weighted by atomic mass is 9.86. The molecule has 2 heterocycles. The number of carboxylic acids is 1. The van der Waals surface area contributed by atoms with Crippen molar-refractivity contribution in [2.75, 3.05) is 7.05 Å². The first-order valence-corrected chi connectivity index (χ1v) is 11.5. The average Bonchev–Trinajstić information content (AvgIpc) is 3.10. The SMILES string of the molecule is Cc1nc2cc(C(=O)O)ccc2n1-c1cccc([C@]2(C)CC(=O)N(C)/C(=N/C(=O)OC(C)(C)C)N2)c1. The fourth-order valence-electron chi connectivity index (χ4n) is 4.21. The lowest BCUT2D eigenvalue weighted by Gasteiger charge is -2.40. The number of carbonyl (C=O) groups is 3. The van der Waals surface area contributed by atoms with Crippen molar-refractivity contribution < 1.29 is 24.2 Å². The van der Waals surface area contributed by atoms with Gasteiger partial charge in [0, 0.05) is 12.7 Å². The first-order chi connectivity index (χ1) is 16.8. The van der Waals surface area contributed by atoms with Gasteiger partial charge in [-0.2, -0.15) is 0 Å². The number of hydrogen-bond acceptors (Lipinski definition) is 5. The predicted molar refractivity (Wildman–Crippen MR) is 134 cm³/mol. The normalized spacial score (nSPS) is 19.4. The summed E-state index contributed by atoms with van der Waals surface area (Å²) >= 11 is 0. The highest BCUT2D eigenvalue weighted by atomic mass is 16.6. The van der Waals surface area contributed by atoms with Crippen molar-refractivity contribution in [2.45, 2.75) is 52.2 Å². The van der Waals surface area contributed by atoms with E-state index in [0.717, 1.165) is 16.8 Å². The van der Waals surface area contributed by atoms with Gasteiger partial charge in [-0.15, -0.1) is 4.99 Å². The summed E-state index contributed by atoms with van der Waals surface area (Å²) in [5.74, 6) is -0.413. The molecule has 0 spiro atoms. The number of nitrogens with one attached hydrogen (secondary N) is 1. The van der Waals surface area contributed by atoms with Crippen LogP contribution < -0.4 is 5.32 Å². The van der Waals surface area contributed by atoms with Gasteiger partial charge in [-0.1, -0.05) is 12.1 Å². The number of carboxylic acid groups (broad SMARTS) is 1. The van der Waals surface area contributed by atoms with Crippen LogP contribution in [-0.4, -0.2) is 56.1 Å². The zero-order valence-electron chi connectivity index (χ0n) is 21.1. The Labute approximate surface area is 208 Å². The molecule has 1 aromatic heterocycles. The van der Waals surface area contributed by atoms with E-state index >= 15 is 0 Å². The molecule has 36 heavy (non-hydrogen) atoms. The fourth-order valence-corrected chi connectivity index (χ4v) is 4.21. The van der Waals surface area contributed by atoms with Gasteiger partial charge in [-0.3, -0.25) is 14.3 Å². The Morgan fingerprint density at radius 3 is 2.58 bits per heavy atom. The molecule has 1 aliphatic heterocycles. The minimum Gasteiger partial charge on any atom is -0.478 e. The van der Waals surface area contributed by atoms with E-state index in [2.05, 4.69) is 15.3 Å². The molecule has 1 fully saturated rings. The van der Waals surface area contributed by atoms with Gasteiger partial charge in [0.25, 0.3) is 0 Å². The molecule has 0 aliphatic carbocycles. The molecule has 2 amide bonds. The first kappa shape index (κ1) is 24.9. The molecule has 188 valence electrons. The van der Waals surface area contributed by atoms with Gasteiger partial charge >= 0.3 is 12.1 Å². The van der Waals surface area contributed by atoms with Gasteiger partial charge in [0.1, 0.15) is 11.4 Å². The molecule has 0 bridgehead atoms. The van der Waals surface area contributed by atoms with Crippen molar-refractivity contribution in [3.05, 3.63) is 59.4 Å². The summed E-state index contributed by atoms with van der Waals surface area (Å²) < 4.78 is 7.22. The Kier molecular flexibility index (Phi) is 6.07. The highest BCUT2D eigenvalue weighted by Crippen LogP contribution is 2.31. The molecule has 1 saturated heterocycles. The topological polar surface area (TPSA) is 126 Å². The number of carbonyl (C=O) groups excluding carboxylic acids is 2. The number of ether oxygens (including phenoxy) is 1. The molecule has 0 saturated carbocycles. The van der Waals surface area contributed by atoms with Crippen LogP contribution in [0.1, 0.15) is 55.9 Å². The molecule has 10 heteroatoms. The highest BCUT2D eigenvalue weighted by Gasteiger charge is 2.39. The molecule has 1 aliphatic rings. The van der Waals surface area contributed by atoms with Crippen molar-refractivity contribution in [3.8, 4) is 5.69 Å². The smallest absolute Gasteiger partial charge is 0.437 e. The number of imidazole rings is 1. The van der Waals surface area contributed by atoms with E-state index in [-0.39, 0.29) is 23.9 Å². The van der Waals surface area contributed by atoms with E-state index in [9.17, 15) is 19.5 Å². The number of rotatable bonds is 3. The van der Waals surface area contributed by atoms with Crippen LogP contribution in [0.15, 0.2) is 47.5 Å². The Morgan fingerprint density at radius 2 is 1.92 bits per heavy atom. The van der Waals surface area contributed by atoms with Crippen molar-refractivity contribution in [1.29, 1.82) is 0 Å². The third-order valence-electron chi connectivity index (χ3n) is 5.99. The van der Waals surface area contributed by atoms with Crippen LogP contribution in [0.5, 0.6) is 0 Å². The summed E-state index contributed by atoms with van der Waals surface area (Å²) in [6.07, 6.45) is -0.643. The van der Waals surface area contributed by atoms with E-state index in [1.807, 2.05) is 42.7 Å². The molecule has 2 N–H and O–H groups in total. The maximum absolute atomic E-state index is 12.9. The summed E-state index contributed by atoms with van der Waals surface area (Å²) in [5, 5.41) is 12.6. The van der Waals surface area contributed by atoms with Crippen molar-refractivity contribution in [1.82, 2.24) is 19.8 Å². The second kappa shape index (κ2) is 8.78. The lowest BCUT2D eigenvalue weighted by Crippen LogP contribution is -2.58. The van der Waals surface area contributed by atoms with Gasteiger partial charge < -0.3 is 15.2 Å². The van der Waals surface area contributed by atoms with Gasteiger partial charge in [0.15, 0.2) is 0 Å². The maximum Gasteiger partial charge on any atom is 0.437 e. The van der Waals surface area contributed by atoms with Crippen LogP contribution in [0, 0.1) is 6.92 Å². The summed E-state index contributed by atoms with van der Waals surface area (Å²) in [6.45, 7) is 8.95. The molecule has 4 rings (SSSR count). The number of aromatic carboxylic acids is 1. The van der Waals surface area contributed by atoms with Crippen molar-refractivity contribution >= 4 is 35.0 Å². The monoisotopic (exact) mass is 491 g/mol. The average molecular weight is 492 g/mol. The van der Waals surface area contributed by atoms with Crippen molar-refractivity contribution in [2.24, 2.45) is 4.99 Å². The molecule has 2 aromatic carbocycles. The number of aliphatic imine (C=N–C) groups is 1. The van der Waals surface area contributed by atoms with Crippen LogP contribution in [0.4, 0.5) is 4.79 Å². The summed E-state index contributed by atoms with van der Waals surface area (Å²) in [4.78, 5) is 46.4. The number of aryl methyl sites for hydroxylation is 1. The molecular weight excluding hydrogens is 462 g/mol. The third kappa shape index (κ3) is 4.79. The lowest BCUT2D eigenvalue weighted by molar-refractivity contribution is -0.129. The van der Waals surface area contributed by atoms with E-state index in [1.54, 1.807) is 46.0 Å². The molecule has 10 nitrogen and oxygen atoms in total.